The lowest BCUT2D eigenvalue weighted by molar-refractivity contribution is 0.00308. The lowest BCUT2D eigenvalue weighted by atomic mass is 10.1. The van der Waals surface area contributed by atoms with Crippen LogP contribution in [0.1, 0.15) is 12.1 Å². The summed E-state index contributed by atoms with van der Waals surface area (Å²) < 4.78 is 5.62. The van der Waals surface area contributed by atoms with Crippen LogP contribution in [0.2, 0.25) is 0 Å². The van der Waals surface area contributed by atoms with Gasteiger partial charge in [0.25, 0.3) is 0 Å². The first-order chi connectivity index (χ1) is 12.5. The molecule has 2 aromatic heterocycles. The molecule has 1 aliphatic carbocycles. The number of aryl methyl sites for hydroxylation is 1. The maximum absolute atomic E-state index is 12.1. The summed E-state index contributed by atoms with van der Waals surface area (Å²) in [6, 6.07) is 7.82. The summed E-state index contributed by atoms with van der Waals surface area (Å²) in [5.41, 5.74) is 1.38. The number of rotatable bonds is 5. The summed E-state index contributed by atoms with van der Waals surface area (Å²) in [6.45, 7) is 2.07. The molecule has 0 saturated heterocycles. The predicted molar refractivity (Wildman–Crippen MR) is 109 cm³/mol. The number of aromatic nitrogens is 2. The normalized spacial score (nSPS) is 23.1. The standard InChI is InChI=1S/C18H22N4O4.2ClH/c1-11-4-2-6-15(20-11)26-10-12-8-14(17(24)16(12)23)22-18(25)21-13-5-3-7-19-9-13;;/h2-7,9,12,14,16-17,23-24H,8,10H2,1H3,(H2,21,22,25);2*1H/t12-,14-,16-,17+;;/m1../s1. The van der Waals surface area contributed by atoms with E-state index in [4.69, 9.17) is 4.74 Å². The number of amides is 2. The average Bonchev–Trinajstić information content (AvgIpc) is 2.89. The van der Waals surface area contributed by atoms with Crippen molar-refractivity contribution in [2.24, 2.45) is 5.92 Å². The van der Waals surface area contributed by atoms with Crippen molar-refractivity contribution in [1.82, 2.24) is 15.3 Å². The molecule has 3 rings (SSSR count). The Balaban J connectivity index is 0.00000196. The Morgan fingerprint density at radius 1 is 1.21 bits per heavy atom. The van der Waals surface area contributed by atoms with Gasteiger partial charge in [-0.25, -0.2) is 9.78 Å². The van der Waals surface area contributed by atoms with Crippen molar-refractivity contribution in [1.29, 1.82) is 0 Å². The first kappa shape index (κ1) is 23.9. The summed E-state index contributed by atoms with van der Waals surface area (Å²) in [6.07, 6.45) is 1.48. The molecule has 2 amide bonds. The number of hydrogen-bond acceptors (Lipinski definition) is 6. The molecule has 4 atom stereocenters. The highest BCUT2D eigenvalue weighted by atomic mass is 35.5. The minimum atomic E-state index is -1.06. The molecule has 8 nitrogen and oxygen atoms in total. The summed E-state index contributed by atoms with van der Waals surface area (Å²) in [7, 11) is 0. The Morgan fingerprint density at radius 2 is 2.00 bits per heavy atom. The molecule has 4 N–H and O–H groups in total. The highest BCUT2D eigenvalue weighted by Crippen LogP contribution is 2.27. The number of hydrogen-bond donors (Lipinski definition) is 4. The van der Waals surface area contributed by atoms with Crippen LogP contribution < -0.4 is 15.4 Å². The Morgan fingerprint density at radius 3 is 2.68 bits per heavy atom. The van der Waals surface area contributed by atoms with Gasteiger partial charge in [-0.3, -0.25) is 4.98 Å². The van der Waals surface area contributed by atoms with E-state index in [-0.39, 0.29) is 37.3 Å². The van der Waals surface area contributed by atoms with Gasteiger partial charge in [0.05, 0.1) is 30.6 Å². The summed E-state index contributed by atoms with van der Waals surface area (Å²) in [5.74, 6) is 0.161. The molecular formula is C18H24Cl2N4O4. The van der Waals surface area contributed by atoms with Crippen LogP contribution in [0, 0.1) is 12.8 Å². The fourth-order valence-electron chi connectivity index (χ4n) is 3.00. The number of anilines is 1. The number of pyridine rings is 2. The number of nitrogens with zero attached hydrogens (tertiary/aromatic N) is 2. The van der Waals surface area contributed by atoms with Crippen molar-refractivity contribution >= 4 is 36.5 Å². The van der Waals surface area contributed by atoms with Crippen molar-refractivity contribution in [3.8, 4) is 5.88 Å². The van der Waals surface area contributed by atoms with Crippen LogP contribution >= 0.6 is 24.8 Å². The van der Waals surface area contributed by atoms with Gasteiger partial charge >= 0.3 is 6.03 Å². The van der Waals surface area contributed by atoms with E-state index in [0.717, 1.165) is 5.69 Å². The second kappa shape index (κ2) is 11.0. The highest BCUT2D eigenvalue weighted by Gasteiger charge is 2.42. The Kier molecular flexibility index (Phi) is 9.40. The van der Waals surface area contributed by atoms with Crippen LogP contribution in [0.15, 0.2) is 42.7 Å². The monoisotopic (exact) mass is 430 g/mol. The van der Waals surface area contributed by atoms with E-state index in [2.05, 4.69) is 20.6 Å². The topological polar surface area (TPSA) is 117 Å². The Bertz CT molecular complexity index is 753. The second-order valence-corrected chi connectivity index (χ2v) is 6.35. The van der Waals surface area contributed by atoms with Crippen molar-refractivity contribution in [2.45, 2.75) is 31.6 Å². The molecule has 0 bridgehead atoms. The number of ether oxygens (including phenoxy) is 1. The van der Waals surface area contributed by atoms with E-state index in [1.165, 1.54) is 6.20 Å². The number of halogens is 2. The molecule has 1 fully saturated rings. The number of nitrogens with one attached hydrogen (secondary N) is 2. The Labute approximate surface area is 175 Å². The van der Waals surface area contributed by atoms with Crippen LogP contribution in [0.25, 0.3) is 0 Å². The smallest absolute Gasteiger partial charge is 0.319 e. The van der Waals surface area contributed by atoms with Gasteiger partial charge in [0.1, 0.15) is 6.10 Å². The van der Waals surface area contributed by atoms with Gasteiger partial charge in [0.2, 0.25) is 5.88 Å². The number of aliphatic hydroxyl groups excluding tert-OH is 2. The maximum atomic E-state index is 12.1. The molecule has 2 aromatic rings. The van der Waals surface area contributed by atoms with Crippen LogP contribution in [-0.2, 0) is 0 Å². The van der Waals surface area contributed by atoms with Crippen molar-refractivity contribution in [2.75, 3.05) is 11.9 Å². The quantitative estimate of drug-likeness (QED) is 0.575. The van der Waals surface area contributed by atoms with Gasteiger partial charge in [0.15, 0.2) is 0 Å². The zero-order valence-electron chi connectivity index (χ0n) is 15.2. The van der Waals surface area contributed by atoms with Crippen molar-refractivity contribution < 1.29 is 19.7 Å². The lowest BCUT2D eigenvalue weighted by Crippen LogP contribution is -2.44. The molecule has 0 radical (unpaired) electrons. The van der Waals surface area contributed by atoms with Crippen LogP contribution in [-0.4, -0.2) is 51.1 Å². The van der Waals surface area contributed by atoms with Crippen molar-refractivity contribution in [3.63, 3.8) is 0 Å². The van der Waals surface area contributed by atoms with E-state index in [1.54, 1.807) is 24.4 Å². The van der Waals surface area contributed by atoms with Gasteiger partial charge in [0, 0.05) is 23.9 Å². The fraction of sp³-hybridized carbons (Fsp3) is 0.389. The van der Waals surface area contributed by atoms with E-state index in [1.807, 2.05) is 19.1 Å². The number of aliphatic hydroxyl groups is 2. The third-order valence-corrected chi connectivity index (χ3v) is 4.35. The average molecular weight is 431 g/mol. The number of carbonyl (C=O) groups is 1. The largest absolute Gasteiger partial charge is 0.477 e. The third kappa shape index (κ3) is 6.20. The highest BCUT2D eigenvalue weighted by molar-refractivity contribution is 5.89. The SMILES string of the molecule is Cc1cccc(OC[C@H]2C[C@@H](NC(=O)Nc3cccnc3)[C@H](O)[C@@H]2O)n1.Cl.Cl. The van der Waals surface area contributed by atoms with Crippen molar-refractivity contribution in [3.05, 3.63) is 48.4 Å². The van der Waals surface area contributed by atoms with Crippen LogP contribution in [0.5, 0.6) is 5.88 Å². The van der Waals surface area contributed by atoms with Crippen LogP contribution in [0.4, 0.5) is 10.5 Å². The number of carbonyl (C=O) groups excluding carboxylic acids is 1. The molecule has 2 heterocycles. The first-order valence-electron chi connectivity index (χ1n) is 8.43. The molecule has 0 unspecified atom stereocenters. The second-order valence-electron chi connectivity index (χ2n) is 6.35. The molecule has 1 aliphatic rings. The van der Waals surface area contributed by atoms with Gasteiger partial charge in [-0.15, -0.1) is 24.8 Å². The molecule has 154 valence electrons. The lowest BCUT2D eigenvalue weighted by Gasteiger charge is -2.18. The molecule has 28 heavy (non-hydrogen) atoms. The van der Waals surface area contributed by atoms with E-state index >= 15 is 0 Å². The summed E-state index contributed by atoms with van der Waals surface area (Å²) >= 11 is 0. The maximum Gasteiger partial charge on any atom is 0.319 e. The summed E-state index contributed by atoms with van der Waals surface area (Å²) in [5, 5.41) is 25.8. The van der Waals surface area contributed by atoms with E-state index in [0.29, 0.717) is 18.0 Å². The molecule has 0 spiro atoms. The zero-order valence-corrected chi connectivity index (χ0v) is 16.8. The molecule has 0 aromatic carbocycles. The zero-order chi connectivity index (χ0) is 18.5. The third-order valence-electron chi connectivity index (χ3n) is 4.35. The Hall–Kier alpha value is -2.13. The molecular weight excluding hydrogens is 407 g/mol. The molecule has 10 heteroatoms. The molecule has 1 saturated carbocycles. The van der Waals surface area contributed by atoms with Gasteiger partial charge < -0.3 is 25.6 Å². The first-order valence-corrected chi connectivity index (χ1v) is 8.43. The summed E-state index contributed by atoms with van der Waals surface area (Å²) in [4.78, 5) is 20.2. The predicted octanol–water partition coefficient (Wildman–Crippen LogP) is 1.94. The fourth-order valence-corrected chi connectivity index (χ4v) is 3.00. The number of urea groups is 1. The minimum Gasteiger partial charge on any atom is -0.477 e. The van der Waals surface area contributed by atoms with Gasteiger partial charge in [-0.05, 0) is 31.5 Å². The van der Waals surface area contributed by atoms with E-state index in [9.17, 15) is 15.0 Å². The van der Waals surface area contributed by atoms with Gasteiger partial charge in [-0.1, -0.05) is 6.07 Å². The molecule has 0 aliphatic heterocycles. The van der Waals surface area contributed by atoms with E-state index < -0.39 is 24.3 Å². The van der Waals surface area contributed by atoms with Crippen LogP contribution in [0.3, 0.4) is 0 Å². The minimum absolute atomic E-state index is 0. The van der Waals surface area contributed by atoms with Gasteiger partial charge in [-0.2, -0.15) is 0 Å².